The molecule has 1 atom stereocenters. The van der Waals surface area contributed by atoms with Crippen LogP contribution in [0.3, 0.4) is 0 Å². The second-order valence-electron chi connectivity index (χ2n) is 8.43. The zero-order chi connectivity index (χ0) is 22.4. The lowest BCUT2D eigenvalue weighted by molar-refractivity contribution is -0.139. The highest BCUT2D eigenvalue weighted by Crippen LogP contribution is 2.24. The van der Waals surface area contributed by atoms with Crippen molar-refractivity contribution in [3.63, 3.8) is 0 Å². The third-order valence-corrected chi connectivity index (χ3v) is 6.18. The van der Waals surface area contributed by atoms with E-state index in [1.165, 1.54) is 44.2 Å². The van der Waals surface area contributed by atoms with Gasteiger partial charge in [-0.15, -0.1) is 0 Å². The number of nitrogens with one attached hydrogen (secondary N) is 1. The molecular formula is C22H32N4O5. The van der Waals surface area contributed by atoms with Crippen LogP contribution in [0.15, 0.2) is 18.2 Å². The van der Waals surface area contributed by atoms with Crippen molar-refractivity contribution in [1.29, 1.82) is 0 Å². The van der Waals surface area contributed by atoms with Gasteiger partial charge in [0.25, 0.3) is 0 Å². The van der Waals surface area contributed by atoms with Crippen molar-refractivity contribution in [2.45, 2.75) is 57.0 Å². The molecule has 1 saturated heterocycles. The van der Waals surface area contributed by atoms with Crippen molar-refractivity contribution < 1.29 is 24.6 Å². The van der Waals surface area contributed by atoms with Crippen LogP contribution in [0, 0.1) is 0 Å². The van der Waals surface area contributed by atoms with E-state index in [0.717, 1.165) is 19.2 Å². The lowest BCUT2D eigenvalue weighted by Crippen LogP contribution is -2.57. The van der Waals surface area contributed by atoms with Crippen LogP contribution in [-0.4, -0.2) is 76.0 Å². The topological polar surface area (TPSA) is 136 Å². The lowest BCUT2D eigenvalue weighted by atomic mass is 9.94. The molecule has 1 aliphatic heterocycles. The fourth-order valence-corrected chi connectivity index (χ4v) is 4.50. The highest BCUT2D eigenvalue weighted by molar-refractivity contribution is 5.92. The first kappa shape index (κ1) is 22.9. The molecule has 31 heavy (non-hydrogen) atoms. The Morgan fingerprint density at radius 3 is 2.35 bits per heavy atom. The Bertz CT molecular complexity index is 801. The van der Waals surface area contributed by atoms with Crippen LogP contribution in [0.5, 0.6) is 11.5 Å². The Morgan fingerprint density at radius 1 is 1.06 bits per heavy atom. The van der Waals surface area contributed by atoms with Gasteiger partial charge in [-0.05, 0) is 18.9 Å². The van der Waals surface area contributed by atoms with E-state index in [2.05, 4.69) is 10.2 Å². The Labute approximate surface area is 182 Å². The molecule has 9 heteroatoms. The highest BCUT2D eigenvalue weighted by atomic mass is 16.3. The molecule has 1 saturated carbocycles. The molecule has 0 unspecified atom stereocenters. The minimum atomic E-state index is -1.04. The summed E-state index contributed by atoms with van der Waals surface area (Å²) in [7, 11) is 0. The van der Waals surface area contributed by atoms with Crippen LogP contribution < -0.4 is 11.1 Å². The van der Waals surface area contributed by atoms with Gasteiger partial charge in [0.2, 0.25) is 17.7 Å². The normalized spacial score (nSPS) is 19.0. The van der Waals surface area contributed by atoms with Gasteiger partial charge in [0.1, 0.15) is 17.5 Å². The fraction of sp³-hybridized carbons (Fsp3) is 0.591. The van der Waals surface area contributed by atoms with Gasteiger partial charge in [0.05, 0.1) is 12.8 Å². The number of primary amides is 1. The molecule has 0 bridgehead atoms. The number of aromatic hydroxyl groups is 2. The second kappa shape index (κ2) is 10.5. The number of phenols is 2. The van der Waals surface area contributed by atoms with E-state index in [4.69, 9.17) is 5.73 Å². The van der Waals surface area contributed by atoms with E-state index < -0.39 is 17.9 Å². The summed E-state index contributed by atoms with van der Waals surface area (Å²) in [6, 6.07) is 3.48. The van der Waals surface area contributed by atoms with E-state index in [1.807, 2.05) is 0 Å². The molecule has 1 aromatic carbocycles. The molecule has 9 nitrogen and oxygen atoms in total. The highest BCUT2D eigenvalue weighted by Gasteiger charge is 2.32. The quantitative estimate of drug-likeness (QED) is 0.495. The molecule has 1 heterocycles. The average Bonchev–Trinajstić information content (AvgIpc) is 2.75. The molecule has 2 aliphatic rings. The predicted molar refractivity (Wildman–Crippen MR) is 114 cm³/mol. The number of phenolic OH excluding ortho intramolecular Hbond substituents is 2. The summed E-state index contributed by atoms with van der Waals surface area (Å²) in [6.07, 6.45) is 5.75. The van der Waals surface area contributed by atoms with Crippen LogP contribution >= 0.6 is 0 Å². The van der Waals surface area contributed by atoms with Gasteiger partial charge in [-0.2, -0.15) is 0 Å². The first-order valence-electron chi connectivity index (χ1n) is 10.9. The smallest absolute Gasteiger partial charge is 0.245 e. The van der Waals surface area contributed by atoms with Crippen LogP contribution in [0.25, 0.3) is 0 Å². The summed E-state index contributed by atoms with van der Waals surface area (Å²) in [4.78, 5) is 41.1. The van der Waals surface area contributed by atoms with Crippen LogP contribution in [0.2, 0.25) is 0 Å². The molecule has 1 aromatic rings. The summed E-state index contributed by atoms with van der Waals surface area (Å²) in [6.45, 7) is 2.68. The molecule has 5 N–H and O–H groups in total. The van der Waals surface area contributed by atoms with Crippen LogP contribution in [0.1, 0.15) is 44.1 Å². The van der Waals surface area contributed by atoms with Crippen molar-refractivity contribution >= 4 is 17.7 Å². The largest absolute Gasteiger partial charge is 0.508 e. The van der Waals surface area contributed by atoms with Crippen LogP contribution in [-0.2, 0) is 20.8 Å². The van der Waals surface area contributed by atoms with Gasteiger partial charge >= 0.3 is 0 Å². The van der Waals surface area contributed by atoms with Gasteiger partial charge in [-0.3, -0.25) is 19.3 Å². The second-order valence-corrected chi connectivity index (χ2v) is 8.43. The standard InChI is InChI=1S/C22H32N4O5/c23-20(29)14-18(24-21(30)12-15-6-7-17(27)13-19(15)28)22(31)26-10-8-25(9-11-26)16-4-2-1-3-5-16/h6-7,13,16,18,27-28H,1-5,8-12,14H2,(H2,23,29)(H,24,30)/t18-/m0/s1. The summed E-state index contributed by atoms with van der Waals surface area (Å²) < 4.78 is 0. The predicted octanol–water partition coefficient (Wildman–Crippen LogP) is 0.477. The molecular weight excluding hydrogens is 400 g/mol. The zero-order valence-corrected chi connectivity index (χ0v) is 17.8. The first-order chi connectivity index (χ1) is 14.8. The molecule has 0 aromatic heterocycles. The third kappa shape index (κ3) is 6.33. The number of hydrogen-bond acceptors (Lipinski definition) is 6. The van der Waals surface area contributed by atoms with Crippen molar-refractivity contribution in [3.8, 4) is 11.5 Å². The maximum atomic E-state index is 13.0. The number of hydrogen-bond donors (Lipinski definition) is 4. The summed E-state index contributed by atoms with van der Waals surface area (Å²) >= 11 is 0. The van der Waals surface area contributed by atoms with E-state index in [1.54, 1.807) is 4.90 Å². The van der Waals surface area contributed by atoms with Gasteiger partial charge in [-0.1, -0.05) is 25.3 Å². The van der Waals surface area contributed by atoms with E-state index in [9.17, 15) is 24.6 Å². The van der Waals surface area contributed by atoms with E-state index in [0.29, 0.717) is 24.7 Å². The Hall–Kier alpha value is -2.81. The number of benzene rings is 1. The monoisotopic (exact) mass is 432 g/mol. The maximum absolute atomic E-state index is 13.0. The molecule has 170 valence electrons. The first-order valence-corrected chi connectivity index (χ1v) is 10.9. The molecule has 3 rings (SSSR count). The SMILES string of the molecule is NC(=O)C[C@H](NC(=O)Cc1ccc(O)cc1O)C(=O)N1CCN(C2CCCCC2)CC1. The minimum Gasteiger partial charge on any atom is -0.508 e. The summed E-state index contributed by atoms with van der Waals surface area (Å²) in [5, 5.41) is 21.8. The number of nitrogens with zero attached hydrogens (tertiary/aromatic N) is 2. The van der Waals surface area contributed by atoms with Crippen molar-refractivity contribution in [3.05, 3.63) is 23.8 Å². The van der Waals surface area contributed by atoms with Crippen LogP contribution in [0.4, 0.5) is 0 Å². The van der Waals surface area contributed by atoms with E-state index in [-0.39, 0.29) is 30.2 Å². The number of nitrogens with two attached hydrogens (primary N) is 1. The molecule has 2 fully saturated rings. The maximum Gasteiger partial charge on any atom is 0.245 e. The summed E-state index contributed by atoms with van der Waals surface area (Å²) in [5.74, 6) is -1.83. The van der Waals surface area contributed by atoms with Crippen molar-refractivity contribution in [1.82, 2.24) is 15.1 Å². The molecule has 0 radical (unpaired) electrons. The summed E-state index contributed by atoms with van der Waals surface area (Å²) in [5.41, 5.74) is 5.62. The number of amides is 3. The number of piperazine rings is 1. The number of rotatable bonds is 7. The fourth-order valence-electron chi connectivity index (χ4n) is 4.50. The third-order valence-electron chi connectivity index (χ3n) is 6.18. The van der Waals surface area contributed by atoms with Gasteiger partial charge in [0, 0.05) is 43.9 Å². The van der Waals surface area contributed by atoms with Crippen molar-refractivity contribution in [2.75, 3.05) is 26.2 Å². The molecule has 3 amide bonds. The minimum absolute atomic E-state index is 0.115. The Balaban J connectivity index is 1.57. The zero-order valence-electron chi connectivity index (χ0n) is 17.8. The van der Waals surface area contributed by atoms with E-state index >= 15 is 0 Å². The average molecular weight is 433 g/mol. The van der Waals surface area contributed by atoms with Gasteiger partial charge in [-0.25, -0.2) is 0 Å². The van der Waals surface area contributed by atoms with Gasteiger partial charge < -0.3 is 26.2 Å². The van der Waals surface area contributed by atoms with Gasteiger partial charge in [0.15, 0.2) is 0 Å². The Morgan fingerprint density at radius 2 is 1.74 bits per heavy atom. The Kier molecular flexibility index (Phi) is 7.73. The van der Waals surface area contributed by atoms with Crippen molar-refractivity contribution in [2.24, 2.45) is 5.73 Å². The number of carbonyl (C=O) groups excluding carboxylic acids is 3. The number of carbonyl (C=O) groups is 3. The molecule has 1 aliphatic carbocycles. The lowest BCUT2D eigenvalue weighted by Gasteiger charge is -2.41. The molecule has 0 spiro atoms.